The van der Waals surface area contributed by atoms with Crippen molar-refractivity contribution in [2.75, 3.05) is 5.73 Å². The molecule has 5 heteroatoms. The van der Waals surface area contributed by atoms with Crippen LogP contribution in [-0.2, 0) is 12.8 Å². The number of hydrogen-bond donors (Lipinski definition) is 1. The number of rotatable bonds is 13. The van der Waals surface area contributed by atoms with Crippen molar-refractivity contribution in [1.29, 1.82) is 0 Å². The molecule has 0 radical (unpaired) electrons. The number of benzene rings is 1. The minimum Gasteiger partial charge on any atom is -0.452 e. The highest BCUT2D eigenvalue weighted by molar-refractivity contribution is 6.31. The fourth-order valence-electron chi connectivity index (χ4n) is 3.35. The molecular formula is C23H34ClN3O. The first-order valence-electron chi connectivity index (χ1n) is 10.7. The first kappa shape index (κ1) is 22.5. The van der Waals surface area contributed by atoms with Crippen LogP contribution < -0.4 is 10.5 Å². The van der Waals surface area contributed by atoms with Gasteiger partial charge in [0.2, 0.25) is 5.95 Å². The van der Waals surface area contributed by atoms with Gasteiger partial charge in [-0.05, 0) is 37.0 Å². The molecule has 0 aliphatic rings. The Balaban J connectivity index is 1.80. The van der Waals surface area contributed by atoms with Crippen LogP contribution in [0.5, 0.6) is 11.5 Å². The Morgan fingerprint density at radius 1 is 0.929 bits per heavy atom. The number of ether oxygens (including phenoxy) is 1. The average Bonchev–Trinajstić information content (AvgIpc) is 2.69. The van der Waals surface area contributed by atoms with Crippen LogP contribution in [0.1, 0.15) is 82.9 Å². The molecule has 0 saturated carbocycles. The van der Waals surface area contributed by atoms with Crippen LogP contribution in [0, 0.1) is 0 Å². The van der Waals surface area contributed by atoms with E-state index in [0.717, 1.165) is 17.9 Å². The molecule has 0 aliphatic carbocycles. The maximum Gasteiger partial charge on any atom is 0.221 e. The van der Waals surface area contributed by atoms with Crippen molar-refractivity contribution >= 4 is 17.5 Å². The van der Waals surface area contributed by atoms with Gasteiger partial charge in [-0.2, -0.15) is 4.98 Å². The molecule has 0 aliphatic heterocycles. The van der Waals surface area contributed by atoms with E-state index >= 15 is 0 Å². The maximum absolute atomic E-state index is 6.22. The van der Waals surface area contributed by atoms with Gasteiger partial charge in [0.25, 0.3) is 0 Å². The third-order valence-electron chi connectivity index (χ3n) is 4.93. The zero-order valence-electron chi connectivity index (χ0n) is 17.3. The van der Waals surface area contributed by atoms with E-state index in [2.05, 4.69) is 29.0 Å². The van der Waals surface area contributed by atoms with Gasteiger partial charge in [0, 0.05) is 0 Å². The number of aryl methyl sites for hydroxylation is 2. The van der Waals surface area contributed by atoms with Crippen molar-refractivity contribution in [2.24, 2.45) is 0 Å². The fourth-order valence-corrected chi connectivity index (χ4v) is 3.58. The fraction of sp³-hybridized carbons (Fsp3) is 0.565. The van der Waals surface area contributed by atoms with E-state index in [-0.39, 0.29) is 11.1 Å². The normalized spacial score (nSPS) is 11.0. The Kier molecular flexibility index (Phi) is 10.1. The highest BCUT2D eigenvalue weighted by Crippen LogP contribution is 2.32. The van der Waals surface area contributed by atoms with Gasteiger partial charge < -0.3 is 10.5 Å². The van der Waals surface area contributed by atoms with E-state index in [4.69, 9.17) is 22.1 Å². The Morgan fingerprint density at radius 2 is 1.61 bits per heavy atom. The zero-order chi connectivity index (χ0) is 20.2. The van der Waals surface area contributed by atoms with Crippen LogP contribution >= 0.6 is 11.6 Å². The van der Waals surface area contributed by atoms with Gasteiger partial charge in [0.15, 0.2) is 10.9 Å². The monoisotopic (exact) mass is 403 g/mol. The highest BCUT2D eigenvalue weighted by atomic mass is 35.5. The van der Waals surface area contributed by atoms with Gasteiger partial charge in [-0.15, -0.1) is 0 Å². The number of nitrogen functional groups attached to an aromatic ring is 1. The topological polar surface area (TPSA) is 61.0 Å². The van der Waals surface area contributed by atoms with Gasteiger partial charge in [0.1, 0.15) is 5.75 Å². The predicted octanol–water partition coefficient (Wildman–Crippen LogP) is 7.14. The van der Waals surface area contributed by atoms with Crippen LogP contribution in [0.15, 0.2) is 24.3 Å². The molecule has 2 N–H and O–H groups in total. The van der Waals surface area contributed by atoms with Crippen molar-refractivity contribution in [3.8, 4) is 11.5 Å². The number of nitrogens with two attached hydrogens (primary N) is 1. The Labute approximate surface area is 174 Å². The van der Waals surface area contributed by atoms with E-state index in [1.807, 2.05) is 19.1 Å². The molecule has 0 unspecified atom stereocenters. The minimum absolute atomic E-state index is 0.174. The van der Waals surface area contributed by atoms with E-state index < -0.39 is 0 Å². The number of anilines is 1. The molecule has 154 valence electrons. The molecule has 4 nitrogen and oxygen atoms in total. The molecular weight excluding hydrogens is 370 g/mol. The number of hydrogen-bond acceptors (Lipinski definition) is 4. The van der Waals surface area contributed by atoms with Crippen LogP contribution in [0.4, 0.5) is 5.95 Å². The van der Waals surface area contributed by atoms with Crippen molar-refractivity contribution < 1.29 is 4.74 Å². The molecule has 0 fully saturated rings. The standard InChI is InChI=1S/C23H34ClN3O/c1-3-5-6-7-8-9-10-11-12-14-18-15-13-16-19(17-18)28-21-20(4-2)26-23(25)27-22(21)24/h13,15-17H,3-12,14H2,1-2H3,(H2,25,26,27). The smallest absolute Gasteiger partial charge is 0.221 e. The van der Waals surface area contributed by atoms with Gasteiger partial charge in [-0.25, -0.2) is 4.98 Å². The van der Waals surface area contributed by atoms with E-state index in [1.165, 1.54) is 63.4 Å². The predicted molar refractivity (Wildman–Crippen MR) is 118 cm³/mol. The van der Waals surface area contributed by atoms with E-state index in [1.54, 1.807) is 0 Å². The third kappa shape index (κ3) is 7.67. The van der Waals surface area contributed by atoms with Crippen molar-refractivity contribution in [2.45, 2.75) is 84.5 Å². The summed E-state index contributed by atoms with van der Waals surface area (Å²) in [4.78, 5) is 8.24. The molecule has 0 bridgehead atoms. The molecule has 0 atom stereocenters. The van der Waals surface area contributed by atoms with Gasteiger partial charge in [0.05, 0.1) is 5.69 Å². The molecule has 1 aromatic carbocycles. The largest absolute Gasteiger partial charge is 0.452 e. The third-order valence-corrected chi connectivity index (χ3v) is 5.19. The number of halogens is 1. The first-order chi connectivity index (χ1) is 13.6. The molecule has 1 heterocycles. The minimum atomic E-state index is 0.174. The van der Waals surface area contributed by atoms with Crippen LogP contribution in [0.2, 0.25) is 5.15 Å². The molecule has 1 aromatic heterocycles. The number of nitrogens with zero attached hydrogens (tertiary/aromatic N) is 2. The molecule has 2 aromatic rings. The summed E-state index contributed by atoms with van der Waals surface area (Å²) in [7, 11) is 0. The van der Waals surface area contributed by atoms with Crippen molar-refractivity contribution in [1.82, 2.24) is 9.97 Å². The number of unbranched alkanes of at least 4 members (excludes halogenated alkanes) is 8. The lowest BCUT2D eigenvalue weighted by Crippen LogP contribution is -2.02. The van der Waals surface area contributed by atoms with Gasteiger partial charge >= 0.3 is 0 Å². The second-order valence-electron chi connectivity index (χ2n) is 7.33. The van der Waals surface area contributed by atoms with Crippen LogP contribution in [0.25, 0.3) is 0 Å². The summed E-state index contributed by atoms with van der Waals surface area (Å²) >= 11 is 6.22. The molecule has 0 amide bonds. The molecule has 0 spiro atoms. The Hall–Kier alpha value is -1.81. The Morgan fingerprint density at radius 3 is 2.29 bits per heavy atom. The lowest BCUT2D eigenvalue weighted by atomic mass is 10.0. The lowest BCUT2D eigenvalue weighted by molar-refractivity contribution is 0.470. The first-order valence-corrected chi connectivity index (χ1v) is 11.1. The Bertz CT molecular complexity index is 721. The summed E-state index contributed by atoms with van der Waals surface area (Å²) in [6.45, 7) is 4.26. The van der Waals surface area contributed by atoms with Crippen LogP contribution in [-0.4, -0.2) is 9.97 Å². The van der Waals surface area contributed by atoms with Gasteiger partial charge in [-0.1, -0.05) is 88.9 Å². The molecule has 2 rings (SSSR count). The van der Waals surface area contributed by atoms with Crippen molar-refractivity contribution in [3.63, 3.8) is 0 Å². The SMILES string of the molecule is CCCCCCCCCCCc1cccc(Oc2c(Cl)nc(N)nc2CC)c1. The maximum atomic E-state index is 6.22. The summed E-state index contributed by atoms with van der Waals surface area (Å²) in [5.74, 6) is 1.44. The van der Waals surface area contributed by atoms with Crippen LogP contribution in [0.3, 0.4) is 0 Å². The summed E-state index contributed by atoms with van der Waals surface area (Å²) in [6.07, 6.45) is 13.8. The average molecular weight is 404 g/mol. The quantitative estimate of drug-likeness (QED) is 0.285. The van der Waals surface area contributed by atoms with Crippen molar-refractivity contribution in [3.05, 3.63) is 40.7 Å². The molecule has 28 heavy (non-hydrogen) atoms. The summed E-state index contributed by atoms with van der Waals surface area (Å²) in [5.41, 5.74) is 7.69. The summed E-state index contributed by atoms with van der Waals surface area (Å²) in [5, 5.41) is 0.258. The second-order valence-corrected chi connectivity index (χ2v) is 7.69. The zero-order valence-corrected chi connectivity index (χ0v) is 18.1. The van der Waals surface area contributed by atoms with Gasteiger partial charge in [-0.3, -0.25) is 0 Å². The van der Waals surface area contributed by atoms with E-state index in [9.17, 15) is 0 Å². The second kappa shape index (κ2) is 12.6. The highest BCUT2D eigenvalue weighted by Gasteiger charge is 2.13. The summed E-state index contributed by atoms with van der Waals surface area (Å²) < 4.78 is 6.01. The lowest BCUT2D eigenvalue weighted by Gasteiger charge is -2.12. The number of aromatic nitrogens is 2. The summed E-state index contributed by atoms with van der Waals surface area (Å²) in [6, 6.07) is 8.19. The molecule has 0 saturated heterocycles. The van der Waals surface area contributed by atoms with E-state index in [0.29, 0.717) is 12.2 Å².